The van der Waals surface area contributed by atoms with E-state index in [1.807, 2.05) is 17.8 Å². The summed E-state index contributed by atoms with van der Waals surface area (Å²) in [7, 11) is 1.91. The normalized spacial score (nSPS) is 10.5. The molecule has 3 rings (SSSR count). The molecule has 1 aromatic carbocycles. The first kappa shape index (κ1) is 15.4. The summed E-state index contributed by atoms with van der Waals surface area (Å²) >= 11 is 3.16. The fourth-order valence-corrected chi connectivity index (χ4v) is 2.25. The van der Waals surface area contributed by atoms with Gasteiger partial charge in [-0.1, -0.05) is 0 Å². The number of carbonyl (C=O) groups excluding carboxylic acids is 1. The number of aromatic nitrogens is 2. The Bertz CT molecular complexity index is 808. The average Bonchev–Trinajstić information content (AvgIpc) is 3.15. The summed E-state index contributed by atoms with van der Waals surface area (Å²) in [5.41, 5.74) is 0.659. The van der Waals surface area contributed by atoms with Gasteiger partial charge in [0.25, 0.3) is 5.91 Å². The van der Waals surface area contributed by atoms with Crippen LogP contribution in [0, 0.1) is 0 Å². The molecular formula is C16H14BrN3O3. The summed E-state index contributed by atoms with van der Waals surface area (Å²) < 4.78 is 13.3. The standard InChI is InChI=1S/C16H14BrN3O3/c1-20-9-8-18-15(20)10-22-12-4-2-11(3-5-12)19-16(21)13-6-7-14(17)23-13/h2-9H,10H2,1H3,(H,19,21). The van der Waals surface area contributed by atoms with Crippen LogP contribution in [0.1, 0.15) is 16.4 Å². The molecular weight excluding hydrogens is 362 g/mol. The van der Waals surface area contributed by atoms with Crippen LogP contribution in [0.15, 0.2) is 57.9 Å². The molecule has 0 aliphatic heterocycles. The third-order valence-corrected chi connectivity index (χ3v) is 3.62. The zero-order valence-electron chi connectivity index (χ0n) is 12.3. The van der Waals surface area contributed by atoms with Crippen LogP contribution < -0.4 is 10.1 Å². The lowest BCUT2D eigenvalue weighted by Crippen LogP contribution is -2.10. The van der Waals surface area contributed by atoms with Crippen molar-refractivity contribution in [1.29, 1.82) is 0 Å². The second kappa shape index (κ2) is 6.70. The Hall–Kier alpha value is -2.54. The van der Waals surface area contributed by atoms with Gasteiger partial charge >= 0.3 is 0 Å². The number of anilines is 1. The van der Waals surface area contributed by atoms with Gasteiger partial charge in [0.2, 0.25) is 0 Å². The highest BCUT2D eigenvalue weighted by Gasteiger charge is 2.10. The highest BCUT2D eigenvalue weighted by atomic mass is 79.9. The van der Waals surface area contributed by atoms with Crippen molar-refractivity contribution in [2.45, 2.75) is 6.61 Å². The molecule has 0 bridgehead atoms. The van der Waals surface area contributed by atoms with Crippen molar-refractivity contribution in [2.75, 3.05) is 5.32 Å². The lowest BCUT2D eigenvalue weighted by molar-refractivity contribution is 0.0995. The van der Waals surface area contributed by atoms with Crippen molar-refractivity contribution in [3.8, 4) is 5.75 Å². The molecule has 0 saturated heterocycles. The molecule has 0 saturated carbocycles. The second-order valence-electron chi connectivity index (χ2n) is 4.83. The molecule has 0 radical (unpaired) electrons. The molecule has 7 heteroatoms. The minimum absolute atomic E-state index is 0.243. The first-order chi connectivity index (χ1) is 11.1. The number of furan rings is 1. The Morgan fingerprint density at radius 1 is 1.30 bits per heavy atom. The number of benzene rings is 1. The van der Waals surface area contributed by atoms with Crippen LogP contribution in [0.5, 0.6) is 5.75 Å². The lowest BCUT2D eigenvalue weighted by atomic mass is 10.3. The molecule has 6 nitrogen and oxygen atoms in total. The third kappa shape index (κ3) is 3.81. The predicted molar refractivity (Wildman–Crippen MR) is 88.3 cm³/mol. The minimum Gasteiger partial charge on any atom is -0.486 e. The van der Waals surface area contributed by atoms with Crippen molar-refractivity contribution in [3.63, 3.8) is 0 Å². The number of rotatable bonds is 5. The van der Waals surface area contributed by atoms with E-state index in [-0.39, 0.29) is 11.7 Å². The van der Waals surface area contributed by atoms with Crippen molar-refractivity contribution >= 4 is 27.5 Å². The molecule has 2 aromatic heterocycles. The Morgan fingerprint density at radius 2 is 2.09 bits per heavy atom. The summed E-state index contributed by atoms with van der Waals surface area (Å²) in [6.45, 7) is 0.385. The number of hydrogen-bond donors (Lipinski definition) is 1. The summed E-state index contributed by atoms with van der Waals surface area (Å²) in [5.74, 6) is 1.47. The van der Waals surface area contributed by atoms with Crippen molar-refractivity contribution in [3.05, 3.63) is 65.0 Å². The van der Waals surface area contributed by atoms with E-state index in [0.29, 0.717) is 22.7 Å². The Morgan fingerprint density at radius 3 is 2.70 bits per heavy atom. The third-order valence-electron chi connectivity index (χ3n) is 3.20. The van der Waals surface area contributed by atoms with Gasteiger partial charge in [0.15, 0.2) is 10.4 Å². The number of nitrogens with zero attached hydrogens (tertiary/aromatic N) is 2. The quantitative estimate of drug-likeness (QED) is 0.739. The highest BCUT2D eigenvalue weighted by Crippen LogP contribution is 2.19. The van der Waals surface area contributed by atoms with E-state index in [2.05, 4.69) is 26.2 Å². The Balaban J connectivity index is 1.58. The van der Waals surface area contributed by atoms with Gasteiger partial charge in [-0.3, -0.25) is 4.79 Å². The highest BCUT2D eigenvalue weighted by molar-refractivity contribution is 9.10. The fourth-order valence-electron chi connectivity index (χ4n) is 1.95. The largest absolute Gasteiger partial charge is 0.486 e. The second-order valence-corrected chi connectivity index (χ2v) is 5.61. The number of nitrogens with one attached hydrogen (secondary N) is 1. The van der Waals surface area contributed by atoms with Gasteiger partial charge in [-0.05, 0) is 52.3 Å². The van der Waals surface area contributed by atoms with Gasteiger partial charge in [0.05, 0.1) is 0 Å². The topological polar surface area (TPSA) is 69.3 Å². The maximum absolute atomic E-state index is 12.0. The fraction of sp³-hybridized carbons (Fsp3) is 0.125. The van der Waals surface area contributed by atoms with Crippen LogP contribution in [0.25, 0.3) is 0 Å². The molecule has 0 aliphatic carbocycles. The zero-order valence-corrected chi connectivity index (χ0v) is 13.9. The van der Waals surface area contributed by atoms with Crippen LogP contribution in [0.3, 0.4) is 0 Å². The Labute approximate surface area is 141 Å². The molecule has 0 fully saturated rings. The lowest BCUT2D eigenvalue weighted by Gasteiger charge is -2.08. The minimum atomic E-state index is -0.308. The summed E-state index contributed by atoms with van der Waals surface area (Å²) in [6, 6.07) is 10.4. The van der Waals surface area contributed by atoms with E-state index in [0.717, 1.165) is 5.82 Å². The first-order valence-corrected chi connectivity index (χ1v) is 7.67. The van der Waals surface area contributed by atoms with Gasteiger partial charge < -0.3 is 19.0 Å². The molecule has 1 amide bonds. The molecule has 0 atom stereocenters. The molecule has 3 aromatic rings. The number of aryl methyl sites for hydroxylation is 1. The van der Waals surface area contributed by atoms with E-state index in [1.54, 1.807) is 42.6 Å². The van der Waals surface area contributed by atoms with Crippen LogP contribution in [-0.2, 0) is 13.7 Å². The monoisotopic (exact) mass is 375 g/mol. The molecule has 23 heavy (non-hydrogen) atoms. The number of imidazole rings is 1. The Kier molecular flexibility index (Phi) is 4.47. The van der Waals surface area contributed by atoms with Gasteiger partial charge in [-0.2, -0.15) is 0 Å². The van der Waals surface area contributed by atoms with Gasteiger partial charge in [0.1, 0.15) is 18.2 Å². The van der Waals surface area contributed by atoms with E-state index >= 15 is 0 Å². The average molecular weight is 376 g/mol. The molecule has 0 unspecified atom stereocenters. The maximum atomic E-state index is 12.0. The number of carbonyl (C=O) groups is 1. The number of amides is 1. The summed E-state index contributed by atoms with van der Waals surface area (Å²) in [4.78, 5) is 16.2. The van der Waals surface area contributed by atoms with Crippen LogP contribution in [0.4, 0.5) is 5.69 Å². The van der Waals surface area contributed by atoms with Gasteiger partial charge in [-0.15, -0.1) is 0 Å². The summed E-state index contributed by atoms with van der Waals surface area (Å²) in [5, 5.41) is 2.75. The molecule has 2 heterocycles. The van der Waals surface area contributed by atoms with E-state index in [1.165, 1.54) is 0 Å². The van der Waals surface area contributed by atoms with Gasteiger partial charge in [0, 0.05) is 25.1 Å². The first-order valence-electron chi connectivity index (χ1n) is 6.87. The van der Waals surface area contributed by atoms with Crippen LogP contribution in [0.2, 0.25) is 0 Å². The predicted octanol–water partition coefficient (Wildman–Crippen LogP) is 3.61. The molecule has 1 N–H and O–H groups in total. The van der Waals surface area contributed by atoms with E-state index in [4.69, 9.17) is 9.15 Å². The van der Waals surface area contributed by atoms with E-state index in [9.17, 15) is 4.79 Å². The SMILES string of the molecule is Cn1ccnc1COc1ccc(NC(=O)c2ccc(Br)o2)cc1. The number of halogens is 1. The van der Waals surface area contributed by atoms with Crippen molar-refractivity contribution in [2.24, 2.45) is 7.05 Å². The van der Waals surface area contributed by atoms with Crippen molar-refractivity contribution in [1.82, 2.24) is 9.55 Å². The smallest absolute Gasteiger partial charge is 0.291 e. The van der Waals surface area contributed by atoms with Crippen LogP contribution in [-0.4, -0.2) is 15.5 Å². The van der Waals surface area contributed by atoms with Gasteiger partial charge in [-0.25, -0.2) is 4.98 Å². The molecule has 0 aliphatic rings. The number of hydrogen-bond acceptors (Lipinski definition) is 4. The molecule has 118 valence electrons. The zero-order chi connectivity index (χ0) is 16.2. The number of ether oxygens (including phenoxy) is 1. The van der Waals surface area contributed by atoms with Crippen LogP contribution >= 0.6 is 15.9 Å². The van der Waals surface area contributed by atoms with E-state index < -0.39 is 0 Å². The molecule has 0 spiro atoms. The van der Waals surface area contributed by atoms with Crippen molar-refractivity contribution < 1.29 is 13.9 Å². The maximum Gasteiger partial charge on any atom is 0.291 e. The summed E-state index contributed by atoms with van der Waals surface area (Å²) in [6.07, 6.45) is 3.59.